The molecule has 0 fully saturated rings. The van der Waals surface area contributed by atoms with Crippen LogP contribution in [0.3, 0.4) is 0 Å². The summed E-state index contributed by atoms with van der Waals surface area (Å²) in [6.07, 6.45) is 1.15. The number of carbonyl (C=O) groups is 1. The molecule has 0 spiro atoms. The minimum atomic E-state index is -0.853. The molecule has 1 unspecified atom stereocenters. The second-order valence-corrected chi connectivity index (χ2v) is 7.58. The van der Waals surface area contributed by atoms with Gasteiger partial charge < -0.3 is 10.2 Å². The lowest BCUT2D eigenvalue weighted by molar-refractivity contribution is -0.125. The third kappa shape index (κ3) is 3.33. The largest absolute Gasteiger partial charge is 0.382 e. The average molecular weight is 424 g/mol. The van der Waals surface area contributed by atoms with E-state index in [0.717, 1.165) is 0 Å². The normalized spacial score (nSPS) is 15.8. The van der Waals surface area contributed by atoms with Gasteiger partial charge in [-0.25, -0.2) is 13.8 Å². The van der Waals surface area contributed by atoms with Crippen LogP contribution in [0.5, 0.6) is 0 Å². The highest BCUT2D eigenvalue weighted by Crippen LogP contribution is 2.31. The topological polar surface area (TPSA) is 68.0 Å². The molecule has 150 valence electrons. The molecule has 0 bridgehead atoms. The van der Waals surface area contributed by atoms with E-state index in [-0.39, 0.29) is 18.1 Å². The third-order valence-corrected chi connectivity index (χ3v) is 5.50. The summed E-state index contributed by atoms with van der Waals surface area (Å²) < 4.78 is 28.5. The van der Waals surface area contributed by atoms with Crippen LogP contribution in [0.4, 0.5) is 14.6 Å². The fourth-order valence-electron chi connectivity index (χ4n) is 3.27. The first kappa shape index (κ1) is 18.4. The highest BCUT2D eigenvalue weighted by molar-refractivity contribution is 7.15. The Kier molecular flexibility index (Phi) is 4.51. The average Bonchev–Trinajstić information content (AvgIpc) is 3.46. The highest BCUT2D eigenvalue weighted by Gasteiger charge is 2.30. The van der Waals surface area contributed by atoms with Crippen molar-refractivity contribution in [1.82, 2.24) is 9.38 Å². The molecule has 5 rings (SSSR count). The monoisotopic (exact) mass is 424 g/mol. The molecular weight excluding hydrogens is 410 g/mol. The zero-order valence-electron chi connectivity index (χ0n) is 15.4. The van der Waals surface area contributed by atoms with Gasteiger partial charge in [0.15, 0.2) is 4.96 Å². The zero-order valence-corrected chi connectivity index (χ0v) is 16.2. The summed E-state index contributed by atoms with van der Waals surface area (Å²) in [6.45, 7) is 0. The van der Waals surface area contributed by atoms with Gasteiger partial charge in [0.25, 0.3) is 5.91 Å². The smallest absolute Gasteiger partial charge is 0.269 e. The number of oxime groups is 1. The molecule has 0 saturated carbocycles. The van der Waals surface area contributed by atoms with E-state index in [9.17, 15) is 13.6 Å². The van der Waals surface area contributed by atoms with Crippen molar-refractivity contribution in [3.63, 3.8) is 0 Å². The summed E-state index contributed by atoms with van der Waals surface area (Å²) in [4.78, 5) is 23.4. The Bertz CT molecular complexity index is 1280. The maximum Gasteiger partial charge on any atom is 0.269 e. The molecular formula is C21H14F2N4O2S. The molecule has 0 saturated heterocycles. The molecule has 30 heavy (non-hydrogen) atoms. The molecule has 4 aromatic rings. The molecule has 1 amide bonds. The number of hydrogen-bond acceptors (Lipinski definition) is 5. The van der Waals surface area contributed by atoms with Crippen LogP contribution >= 0.6 is 11.3 Å². The van der Waals surface area contributed by atoms with Crippen LogP contribution in [0.15, 0.2) is 65.3 Å². The van der Waals surface area contributed by atoms with E-state index in [1.165, 1.54) is 35.6 Å². The standard InChI is InChI=1S/C21H14F2N4O2S/c22-14-6-4-12(5-7-14)18-19(27-8-9-30-21(27)24-18)25-20(28)17-11-16(26-29-17)13-2-1-3-15(23)10-13/h1-10,17H,11H2,(H,25,28). The number of hydrogen-bond donors (Lipinski definition) is 1. The molecule has 6 nitrogen and oxygen atoms in total. The molecule has 1 N–H and O–H groups in total. The lowest BCUT2D eigenvalue weighted by Crippen LogP contribution is -2.28. The summed E-state index contributed by atoms with van der Waals surface area (Å²) in [5.74, 6) is -0.676. The van der Waals surface area contributed by atoms with Crippen LogP contribution in [0.25, 0.3) is 16.2 Å². The Morgan fingerprint density at radius 2 is 1.97 bits per heavy atom. The maximum absolute atomic E-state index is 13.5. The number of anilines is 1. The number of benzene rings is 2. The Balaban J connectivity index is 1.40. The lowest BCUT2D eigenvalue weighted by Gasteiger charge is -2.10. The number of carbonyl (C=O) groups excluding carboxylic acids is 1. The number of amides is 1. The van der Waals surface area contributed by atoms with Gasteiger partial charge in [0.05, 0.1) is 5.71 Å². The zero-order chi connectivity index (χ0) is 20.7. The molecule has 2 aromatic heterocycles. The van der Waals surface area contributed by atoms with Gasteiger partial charge in [-0.15, -0.1) is 11.3 Å². The van der Waals surface area contributed by atoms with Crippen LogP contribution in [-0.4, -0.2) is 27.1 Å². The Morgan fingerprint density at radius 1 is 1.13 bits per heavy atom. The summed E-state index contributed by atoms with van der Waals surface area (Å²) in [5, 5.41) is 8.66. The third-order valence-electron chi connectivity index (χ3n) is 4.74. The SMILES string of the molecule is O=C(Nc1c(-c2ccc(F)cc2)nc2sccn12)C1CC(c2cccc(F)c2)=NO1. The lowest BCUT2D eigenvalue weighted by atomic mass is 10.0. The second kappa shape index (κ2) is 7.34. The first-order valence-electron chi connectivity index (χ1n) is 9.09. The number of nitrogens with zero attached hydrogens (tertiary/aromatic N) is 3. The number of fused-ring (bicyclic) bond motifs is 1. The van der Waals surface area contributed by atoms with Gasteiger partial charge in [0.1, 0.15) is 23.1 Å². The number of nitrogens with one attached hydrogen (secondary N) is 1. The van der Waals surface area contributed by atoms with Gasteiger partial charge in [-0.05, 0) is 36.4 Å². The Hall–Kier alpha value is -3.59. The van der Waals surface area contributed by atoms with Crippen molar-refractivity contribution in [3.8, 4) is 11.3 Å². The first-order chi connectivity index (χ1) is 14.6. The number of rotatable bonds is 4. The molecule has 1 atom stereocenters. The van der Waals surface area contributed by atoms with E-state index in [0.29, 0.717) is 33.3 Å². The molecule has 2 aromatic carbocycles. The van der Waals surface area contributed by atoms with Crippen LogP contribution in [-0.2, 0) is 9.63 Å². The van der Waals surface area contributed by atoms with Gasteiger partial charge in [-0.2, -0.15) is 0 Å². The Labute approximate surface area is 173 Å². The van der Waals surface area contributed by atoms with Crippen molar-refractivity contribution in [2.75, 3.05) is 5.32 Å². The first-order valence-corrected chi connectivity index (χ1v) is 9.97. The summed E-state index contributed by atoms with van der Waals surface area (Å²) >= 11 is 1.42. The van der Waals surface area contributed by atoms with E-state index < -0.39 is 12.0 Å². The summed E-state index contributed by atoms with van der Waals surface area (Å²) in [7, 11) is 0. The molecule has 9 heteroatoms. The van der Waals surface area contributed by atoms with Crippen molar-refractivity contribution in [2.24, 2.45) is 5.16 Å². The predicted molar refractivity (Wildman–Crippen MR) is 110 cm³/mol. The van der Waals surface area contributed by atoms with E-state index in [1.807, 2.05) is 5.38 Å². The Morgan fingerprint density at radius 3 is 2.77 bits per heavy atom. The second-order valence-electron chi connectivity index (χ2n) is 6.71. The summed E-state index contributed by atoms with van der Waals surface area (Å²) in [6, 6.07) is 11.9. The highest BCUT2D eigenvalue weighted by atomic mass is 32.1. The van der Waals surface area contributed by atoms with Crippen molar-refractivity contribution in [1.29, 1.82) is 0 Å². The van der Waals surface area contributed by atoms with E-state index in [2.05, 4.69) is 15.5 Å². The maximum atomic E-state index is 13.5. The molecule has 1 aliphatic rings. The van der Waals surface area contributed by atoms with Crippen molar-refractivity contribution in [2.45, 2.75) is 12.5 Å². The van der Waals surface area contributed by atoms with Crippen LogP contribution < -0.4 is 5.32 Å². The number of thiazole rings is 1. The number of imidazole rings is 1. The van der Waals surface area contributed by atoms with E-state index >= 15 is 0 Å². The van der Waals surface area contributed by atoms with Gasteiger partial charge in [-0.3, -0.25) is 9.20 Å². The van der Waals surface area contributed by atoms with Gasteiger partial charge in [-0.1, -0.05) is 17.3 Å². The van der Waals surface area contributed by atoms with E-state index in [4.69, 9.17) is 4.84 Å². The van der Waals surface area contributed by atoms with Crippen LogP contribution in [0, 0.1) is 11.6 Å². The van der Waals surface area contributed by atoms with Crippen LogP contribution in [0.2, 0.25) is 0 Å². The van der Waals surface area contributed by atoms with Crippen molar-refractivity contribution >= 4 is 33.7 Å². The van der Waals surface area contributed by atoms with E-state index in [1.54, 1.807) is 34.9 Å². The van der Waals surface area contributed by atoms with Crippen molar-refractivity contribution in [3.05, 3.63) is 77.3 Å². The molecule has 0 radical (unpaired) electrons. The van der Waals surface area contributed by atoms with Crippen molar-refractivity contribution < 1.29 is 18.4 Å². The van der Waals surface area contributed by atoms with Gasteiger partial charge in [0, 0.05) is 29.1 Å². The van der Waals surface area contributed by atoms with Gasteiger partial charge >= 0.3 is 0 Å². The summed E-state index contributed by atoms with van der Waals surface area (Å²) in [5.41, 5.74) is 2.27. The number of halogens is 2. The van der Waals surface area contributed by atoms with Crippen LogP contribution in [0.1, 0.15) is 12.0 Å². The predicted octanol–water partition coefficient (Wildman–Crippen LogP) is 4.47. The minimum absolute atomic E-state index is 0.215. The van der Waals surface area contributed by atoms with Gasteiger partial charge in [0.2, 0.25) is 6.10 Å². The fraction of sp³-hybridized carbons (Fsp3) is 0.0952. The molecule has 0 aliphatic carbocycles. The minimum Gasteiger partial charge on any atom is -0.382 e. The number of aromatic nitrogens is 2. The fourth-order valence-corrected chi connectivity index (χ4v) is 3.98. The quantitative estimate of drug-likeness (QED) is 0.526. The molecule has 1 aliphatic heterocycles. The molecule has 3 heterocycles.